The Morgan fingerprint density at radius 2 is 1.05 bits per heavy atom. The molecule has 2 fully saturated rings. The van der Waals surface area contributed by atoms with Gasteiger partial charge in [-0.1, -0.05) is 16.1 Å². The number of carbonyl (C=O) groups excluding carboxylic acids is 2. The van der Waals surface area contributed by atoms with Gasteiger partial charge in [-0.25, -0.2) is 28.9 Å². The zero-order valence-corrected chi connectivity index (χ0v) is 28.3. The topological polar surface area (TPSA) is 170 Å². The lowest BCUT2D eigenvalue weighted by atomic mass is 9.81. The summed E-state index contributed by atoms with van der Waals surface area (Å²) >= 11 is 0. The molecular weight excluding hydrogens is 576 g/mol. The predicted octanol–water partition coefficient (Wildman–Crippen LogP) is 5.67. The molecule has 14 nitrogen and oxygen atoms in total. The first-order chi connectivity index (χ1) is 20.0. The van der Waals surface area contributed by atoms with Gasteiger partial charge in [0.25, 0.3) is 0 Å². The average molecular weight is 633 g/mol. The van der Waals surface area contributed by atoms with Crippen molar-refractivity contribution in [3.05, 3.63) is 0 Å². The molecule has 14 heteroatoms. The SMILES string of the molecule is CC(=O)O[N+]1(OC(CCCCCNC(=O)O)(NC(=O)O)O[N+]2(OC(C)=O)C(C)(C)CCCC2(C)C)C(C)(C)CCCC1(C)C. The Labute approximate surface area is 261 Å². The van der Waals surface area contributed by atoms with E-state index in [0.717, 1.165) is 12.8 Å². The van der Waals surface area contributed by atoms with Gasteiger partial charge in [-0.2, -0.15) is 0 Å². The predicted molar refractivity (Wildman–Crippen MR) is 159 cm³/mol. The number of hydrogen-bond acceptors (Lipinski definition) is 8. The standard InChI is InChI=1S/C30H54N4O10/c1-22(35)41-33(26(3,4)16-14-17-27(33,5)6)43-30(32-25(39)40,20-12-11-13-21-31-24(37)38)44-34(42-23(2)36)28(7,8)18-15-19-29(34,9)10/h31-32H,11-21H2,1-10H3/p+2. The lowest BCUT2D eigenvalue weighted by Crippen LogP contribution is -2.81. The van der Waals surface area contributed by atoms with Crippen LogP contribution in [-0.4, -0.2) is 78.6 Å². The van der Waals surface area contributed by atoms with Gasteiger partial charge < -0.3 is 15.5 Å². The number of nitrogens with zero attached hydrogens (tertiary/aromatic N) is 2. The summed E-state index contributed by atoms with van der Waals surface area (Å²) in [5.74, 6) is -3.45. The van der Waals surface area contributed by atoms with E-state index in [2.05, 4.69) is 10.6 Å². The van der Waals surface area contributed by atoms with E-state index in [4.69, 9.17) is 24.5 Å². The van der Waals surface area contributed by atoms with E-state index in [1.807, 2.05) is 55.4 Å². The summed E-state index contributed by atoms with van der Waals surface area (Å²) in [6, 6.07) is 0. The number of rotatable bonds is 13. The third-order valence-electron chi connectivity index (χ3n) is 9.16. The van der Waals surface area contributed by atoms with Crippen LogP contribution < -0.4 is 10.6 Å². The summed E-state index contributed by atoms with van der Waals surface area (Å²) in [4.78, 5) is 73.7. The first-order valence-corrected chi connectivity index (χ1v) is 15.6. The van der Waals surface area contributed by atoms with Crippen LogP contribution in [0.15, 0.2) is 0 Å². The Bertz CT molecular complexity index is 980. The number of unbranched alkanes of at least 4 members (excludes halogenated alkanes) is 2. The van der Waals surface area contributed by atoms with Gasteiger partial charge in [0.1, 0.15) is 0 Å². The summed E-state index contributed by atoms with van der Waals surface area (Å²) in [6.07, 6.45) is 2.60. The molecule has 254 valence electrons. The van der Waals surface area contributed by atoms with Crippen LogP contribution in [0.4, 0.5) is 9.59 Å². The molecule has 2 aliphatic rings. The molecule has 0 atom stereocenters. The fraction of sp³-hybridized carbons (Fsp3) is 0.867. The molecule has 0 aromatic carbocycles. The van der Waals surface area contributed by atoms with E-state index in [-0.39, 0.29) is 13.0 Å². The quantitative estimate of drug-likeness (QED) is 0.113. The van der Waals surface area contributed by atoms with E-state index < -0.39 is 61.8 Å². The van der Waals surface area contributed by atoms with Crippen LogP contribution in [0, 0.1) is 0 Å². The van der Waals surface area contributed by atoms with Crippen molar-refractivity contribution in [1.29, 1.82) is 0 Å². The fourth-order valence-corrected chi connectivity index (χ4v) is 7.17. The number of carboxylic acid groups (broad SMARTS) is 2. The van der Waals surface area contributed by atoms with Crippen molar-refractivity contribution < 1.29 is 58.4 Å². The Morgan fingerprint density at radius 3 is 1.36 bits per heavy atom. The summed E-state index contributed by atoms with van der Waals surface area (Å²) < 4.78 is 0. The molecular formula is C30H56N4O10+2. The highest BCUT2D eigenvalue weighted by atomic mass is 17.1. The number of amides is 2. The third kappa shape index (κ3) is 7.75. The number of nitrogens with one attached hydrogen (secondary N) is 2. The van der Waals surface area contributed by atoms with Gasteiger partial charge in [0.15, 0.2) is 22.2 Å². The minimum absolute atomic E-state index is 0.0762. The van der Waals surface area contributed by atoms with Gasteiger partial charge in [0, 0.05) is 62.1 Å². The number of hydroxylamine groups is 8. The van der Waals surface area contributed by atoms with Gasteiger partial charge in [0.05, 0.1) is 0 Å². The number of hydrogen-bond donors (Lipinski definition) is 4. The van der Waals surface area contributed by atoms with Crippen LogP contribution in [0.1, 0.15) is 133 Å². The number of carbonyl (C=O) groups is 4. The average Bonchev–Trinajstić information content (AvgIpc) is 2.81. The Balaban J connectivity index is 2.83. The van der Waals surface area contributed by atoms with Crippen LogP contribution in [-0.2, 0) is 28.9 Å². The normalized spacial score (nSPS) is 22.7. The maximum absolute atomic E-state index is 12.8. The lowest BCUT2D eigenvalue weighted by Gasteiger charge is -2.58. The molecule has 44 heavy (non-hydrogen) atoms. The Hall–Kier alpha value is -2.68. The van der Waals surface area contributed by atoms with Crippen LogP contribution in [0.25, 0.3) is 0 Å². The van der Waals surface area contributed by atoms with Crippen LogP contribution in [0.5, 0.6) is 0 Å². The van der Waals surface area contributed by atoms with E-state index >= 15 is 0 Å². The molecule has 0 aliphatic carbocycles. The maximum atomic E-state index is 12.8. The Kier molecular flexibility index (Phi) is 11.4. The van der Waals surface area contributed by atoms with Crippen LogP contribution in [0.3, 0.4) is 0 Å². The number of quaternary nitrogens is 2. The molecule has 2 rings (SSSR count). The maximum Gasteiger partial charge on any atom is 0.409 e. The highest BCUT2D eigenvalue weighted by Crippen LogP contribution is 2.52. The van der Waals surface area contributed by atoms with E-state index in [1.54, 1.807) is 0 Å². The van der Waals surface area contributed by atoms with Crippen molar-refractivity contribution in [2.24, 2.45) is 0 Å². The van der Waals surface area contributed by atoms with Crippen molar-refractivity contribution >= 4 is 24.1 Å². The van der Waals surface area contributed by atoms with E-state index in [0.29, 0.717) is 44.9 Å². The minimum atomic E-state index is -2.20. The zero-order chi connectivity index (χ0) is 33.8. The van der Waals surface area contributed by atoms with Crippen molar-refractivity contribution in [3.8, 4) is 0 Å². The Morgan fingerprint density at radius 1 is 0.659 bits per heavy atom. The monoisotopic (exact) mass is 632 g/mol. The second kappa shape index (κ2) is 13.4. The van der Waals surface area contributed by atoms with Gasteiger partial charge in [-0.15, -0.1) is 0 Å². The van der Waals surface area contributed by atoms with Gasteiger partial charge in [-0.05, 0) is 81.1 Å². The molecule has 0 aromatic rings. The van der Waals surface area contributed by atoms with E-state index in [1.165, 1.54) is 13.8 Å². The molecule has 0 bridgehead atoms. The number of piperidine rings is 2. The van der Waals surface area contributed by atoms with E-state index in [9.17, 15) is 24.3 Å². The molecule has 0 saturated carbocycles. The molecule has 2 saturated heterocycles. The summed E-state index contributed by atoms with van der Waals surface area (Å²) in [5.41, 5.74) is -3.42. The highest BCUT2D eigenvalue weighted by molar-refractivity contribution is 5.66. The van der Waals surface area contributed by atoms with Gasteiger partial charge >= 0.3 is 30.0 Å². The smallest absolute Gasteiger partial charge is 0.409 e. The largest absolute Gasteiger partial charge is 0.465 e. The summed E-state index contributed by atoms with van der Waals surface area (Å²) in [5, 5.41) is 24.1. The van der Waals surface area contributed by atoms with Gasteiger partial charge in [0.2, 0.25) is 0 Å². The van der Waals surface area contributed by atoms with Crippen LogP contribution >= 0.6 is 0 Å². The summed E-state index contributed by atoms with van der Waals surface area (Å²) in [6.45, 7) is 17.9. The third-order valence-corrected chi connectivity index (χ3v) is 9.16. The van der Waals surface area contributed by atoms with Crippen molar-refractivity contribution in [3.63, 3.8) is 0 Å². The second-order valence-corrected chi connectivity index (χ2v) is 14.6. The first-order valence-electron chi connectivity index (χ1n) is 15.6. The van der Waals surface area contributed by atoms with Crippen LogP contribution in [0.2, 0.25) is 0 Å². The molecule has 0 radical (unpaired) electrons. The van der Waals surface area contributed by atoms with Crippen molar-refractivity contribution in [2.75, 3.05) is 6.54 Å². The molecule has 0 aromatic heterocycles. The molecule has 0 spiro atoms. The summed E-state index contributed by atoms with van der Waals surface area (Å²) in [7, 11) is 0. The van der Waals surface area contributed by atoms with Crippen molar-refractivity contribution in [2.45, 2.75) is 162 Å². The lowest BCUT2D eigenvalue weighted by molar-refractivity contribution is -1.34. The molecule has 2 amide bonds. The zero-order valence-electron chi connectivity index (χ0n) is 28.3. The fourth-order valence-electron chi connectivity index (χ4n) is 7.17. The highest BCUT2D eigenvalue weighted by Gasteiger charge is 2.72. The second-order valence-electron chi connectivity index (χ2n) is 14.6. The minimum Gasteiger partial charge on any atom is -0.465 e. The molecule has 0 unspecified atom stereocenters. The molecule has 2 aliphatic heterocycles. The van der Waals surface area contributed by atoms with Crippen molar-refractivity contribution in [1.82, 2.24) is 10.6 Å². The molecule has 2 heterocycles. The molecule has 4 N–H and O–H groups in total. The first kappa shape index (κ1) is 37.5. The van der Waals surface area contributed by atoms with Gasteiger partial charge in [-0.3, -0.25) is 5.32 Å².